The van der Waals surface area contributed by atoms with Crippen LogP contribution in [0.4, 0.5) is 5.82 Å². The number of nitrogens with one attached hydrogen (secondary N) is 1. The van der Waals surface area contributed by atoms with Crippen LogP contribution in [0.1, 0.15) is 4.88 Å². The van der Waals surface area contributed by atoms with Gasteiger partial charge >= 0.3 is 0 Å². The molecule has 0 aliphatic heterocycles. The predicted molar refractivity (Wildman–Crippen MR) is 109 cm³/mol. The Balaban J connectivity index is 0.00000113. The van der Waals surface area contributed by atoms with Crippen molar-refractivity contribution in [1.82, 2.24) is 15.0 Å². The molecule has 4 aromatic rings. The van der Waals surface area contributed by atoms with Crippen LogP contribution in [0.15, 0.2) is 66.3 Å². The minimum absolute atomic E-state index is 0. The molecule has 0 saturated carbocycles. The molecule has 3 aromatic heterocycles. The standard InChI is InChI=1S/C18H14N4S.2ClH/c1-2-8-16-15(7-1)18(20-12-14-6-4-10-23-14)22-17(21-16)13-5-3-9-19-11-13;;/h1-11H,12H2,(H,20,21,22);2*1H. The maximum absolute atomic E-state index is 4.71. The minimum Gasteiger partial charge on any atom is -0.365 e. The van der Waals surface area contributed by atoms with Gasteiger partial charge in [0.2, 0.25) is 0 Å². The first-order valence-electron chi connectivity index (χ1n) is 7.33. The van der Waals surface area contributed by atoms with E-state index in [2.05, 4.69) is 32.8 Å². The number of rotatable bonds is 4. The van der Waals surface area contributed by atoms with E-state index in [9.17, 15) is 0 Å². The van der Waals surface area contributed by atoms with Gasteiger partial charge in [-0.15, -0.1) is 36.2 Å². The second-order valence-electron chi connectivity index (χ2n) is 5.09. The van der Waals surface area contributed by atoms with Crippen molar-refractivity contribution in [2.75, 3.05) is 5.32 Å². The van der Waals surface area contributed by atoms with E-state index in [4.69, 9.17) is 4.98 Å². The fraction of sp³-hybridized carbons (Fsp3) is 0.0556. The molecule has 0 atom stereocenters. The van der Waals surface area contributed by atoms with E-state index in [1.54, 1.807) is 23.7 Å². The van der Waals surface area contributed by atoms with Crippen LogP contribution in [0.25, 0.3) is 22.3 Å². The van der Waals surface area contributed by atoms with E-state index < -0.39 is 0 Å². The smallest absolute Gasteiger partial charge is 0.163 e. The number of benzene rings is 1. The Bertz CT molecular complexity index is 930. The third kappa shape index (κ3) is 4.25. The molecule has 0 radical (unpaired) electrons. The molecule has 128 valence electrons. The van der Waals surface area contributed by atoms with Gasteiger partial charge in [0.25, 0.3) is 0 Å². The van der Waals surface area contributed by atoms with E-state index in [1.807, 2.05) is 36.4 Å². The first kappa shape index (κ1) is 19.1. The highest BCUT2D eigenvalue weighted by molar-refractivity contribution is 7.09. The van der Waals surface area contributed by atoms with Gasteiger partial charge in [-0.2, -0.15) is 0 Å². The van der Waals surface area contributed by atoms with Crippen LogP contribution < -0.4 is 5.32 Å². The van der Waals surface area contributed by atoms with Crippen molar-refractivity contribution >= 4 is 52.9 Å². The summed E-state index contributed by atoms with van der Waals surface area (Å²) < 4.78 is 0. The molecule has 0 aliphatic carbocycles. The molecule has 1 N–H and O–H groups in total. The van der Waals surface area contributed by atoms with Gasteiger partial charge in [0, 0.05) is 28.2 Å². The fourth-order valence-corrected chi connectivity index (χ4v) is 3.06. The SMILES string of the molecule is Cl.Cl.c1cncc(-c2nc(NCc3cccs3)c3ccccc3n2)c1. The third-order valence-corrected chi connectivity index (χ3v) is 4.41. The summed E-state index contributed by atoms with van der Waals surface area (Å²) in [4.78, 5) is 14.8. The number of thiophene rings is 1. The number of para-hydroxylation sites is 1. The van der Waals surface area contributed by atoms with Crippen LogP contribution >= 0.6 is 36.2 Å². The highest BCUT2D eigenvalue weighted by Gasteiger charge is 2.09. The summed E-state index contributed by atoms with van der Waals surface area (Å²) in [6.45, 7) is 0.755. The van der Waals surface area contributed by atoms with Gasteiger partial charge < -0.3 is 5.32 Å². The first-order valence-corrected chi connectivity index (χ1v) is 8.21. The second-order valence-corrected chi connectivity index (χ2v) is 6.12. The van der Waals surface area contributed by atoms with Crippen molar-refractivity contribution < 1.29 is 0 Å². The highest BCUT2D eigenvalue weighted by atomic mass is 35.5. The molecule has 25 heavy (non-hydrogen) atoms. The monoisotopic (exact) mass is 390 g/mol. The van der Waals surface area contributed by atoms with Crippen LogP contribution in [0.2, 0.25) is 0 Å². The van der Waals surface area contributed by atoms with Gasteiger partial charge in [-0.3, -0.25) is 4.98 Å². The lowest BCUT2D eigenvalue weighted by Gasteiger charge is -2.10. The van der Waals surface area contributed by atoms with Crippen LogP contribution in [0.5, 0.6) is 0 Å². The maximum Gasteiger partial charge on any atom is 0.163 e. The van der Waals surface area contributed by atoms with E-state index in [-0.39, 0.29) is 24.8 Å². The Hall–Kier alpha value is -2.21. The van der Waals surface area contributed by atoms with Gasteiger partial charge in [0.15, 0.2) is 5.82 Å². The summed E-state index contributed by atoms with van der Waals surface area (Å²) in [5.74, 6) is 1.54. The van der Waals surface area contributed by atoms with Crippen molar-refractivity contribution in [3.63, 3.8) is 0 Å². The van der Waals surface area contributed by atoms with Crippen molar-refractivity contribution in [3.05, 3.63) is 71.2 Å². The van der Waals surface area contributed by atoms with Crippen molar-refractivity contribution in [3.8, 4) is 11.4 Å². The fourth-order valence-electron chi connectivity index (χ4n) is 2.42. The quantitative estimate of drug-likeness (QED) is 0.519. The van der Waals surface area contributed by atoms with Crippen molar-refractivity contribution in [1.29, 1.82) is 0 Å². The lowest BCUT2D eigenvalue weighted by Crippen LogP contribution is -2.03. The van der Waals surface area contributed by atoms with Crippen LogP contribution in [0, 0.1) is 0 Å². The van der Waals surface area contributed by atoms with E-state index >= 15 is 0 Å². The summed E-state index contributed by atoms with van der Waals surface area (Å²) in [5.41, 5.74) is 1.84. The lowest BCUT2D eigenvalue weighted by atomic mass is 10.2. The average Bonchev–Trinajstić information content (AvgIpc) is 3.14. The van der Waals surface area contributed by atoms with Gasteiger partial charge in [0.05, 0.1) is 12.1 Å². The normalized spacial score (nSPS) is 9.92. The Morgan fingerprint density at radius 2 is 1.80 bits per heavy atom. The summed E-state index contributed by atoms with van der Waals surface area (Å²) in [6, 6.07) is 16.1. The topological polar surface area (TPSA) is 50.7 Å². The van der Waals surface area contributed by atoms with Crippen molar-refractivity contribution in [2.45, 2.75) is 6.54 Å². The molecular formula is C18H16Cl2N4S. The van der Waals surface area contributed by atoms with Crippen LogP contribution in [-0.2, 0) is 6.54 Å². The molecule has 3 heterocycles. The highest BCUT2D eigenvalue weighted by Crippen LogP contribution is 2.25. The number of fused-ring (bicyclic) bond motifs is 1. The zero-order chi connectivity index (χ0) is 15.5. The predicted octanol–water partition coefficient (Wildman–Crippen LogP) is 5.21. The maximum atomic E-state index is 4.71. The summed E-state index contributed by atoms with van der Waals surface area (Å²) in [7, 11) is 0. The average molecular weight is 391 g/mol. The number of aromatic nitrogens is 3. The van der Waals surface area contributed by atoms with Gasteiger partial charge in [-0.05, 0) is 35.7 Å². The van der Waals surface area contributed by atoms with Gasteiger partial charge in [-0.1, -0.05) is 18.2 Å². The summed E-state index contributed by atoms with van der Waals surface area (Å²) >= 11 is 1.73. The van der Waals surface area contributed by atoms with Gasteiger partial charge in [0.1, 0.15) is 5.82 Å². The Kier molecular flexibility index (Phi) is 6.70. The molecule has 4 nitrogen and oxygen atoms in total. The Morgan fingerprint density at radius 1 is 0.920 bits per heavy atom. The van der Waals surface area contributed by atoms with E-state index in [0.717, 1.165) is 28.8 Å². The Morgan fingerprint density at radius 3 is 2.56 bits per heavy atom. The van der Waals surface area contributed by atoms with E-state index in [1.165, 1.54) is 4.88 Å². The second kappa shape index (κ2) is 8.76. The number of hydrogen-bond donors (Lipinski definition) is 1. The molecule has 0 fully saturated rings. The molecule has 0 bridgehead atoms. The van der Waals surface area contributed by atoms with Crippen LogP contribution in [-0.4, -0.2) is 15.0 Å². The molecule has 0 amide bonds. The number of pyridine rings is 1. The first-order chi connectivity index (χ1) is 11.4. The zero-order valence-corrected chi connectivity index (χ0v) is 15.6. The largest absolute Gasteiger partial charge is 0.365 e. The molecule has 0 spiro atoms. The molecular weight excluding hydrogens is 375 g/mol. The molecule has 1 aromatic carbocycles. The molecule has 0 saturated heterocycles. The van der Waals surface area contributed by atoms with Crippen LogP contribution in [0.3, 0.4) is 0 Å². The number of halogens is 2. The summed E-state index contributed by atoms with van der Waals surface area (Å²) in [5, 5.41) is 6.54. The molecule has 4 rings (SSSR count). The number of anilines is 1. The third-order valence-electron chi connectivity index (χ3n) is 3.53. The number of nitrogens with zero attached hydrogens (tertiary/aromatic N) is 3. The van der Waals surface area contributed by atoms with Crippen molar-refractivity contribution in [2.24, 2.45) is 0 Å². The van der Waals surface area contributed by atoms with Gasteiger partial charge in [-0.25, -0.2) is 9.97 Å². The molecule has 0 aliphatic rings. The lowest BCUT2D eigenvalue weighted by molar-refractivity contribution is 1.13. The molecule has 7 heteroatoms. The number of hydrogen-bond acceptors (Lipinski definition) is 5. The minimum atomic E-state index is 0. The van der Waals surface area contributed by atoms with E-state index in [0.29, 0.717) is 5.82 Å². The summed E-state index contributed by atoms with van der Waals surface area (Å²) in [6.07, 6.45) is 3.54. The molecule has 0 unspecified atom stereocenters. The zero-order valence-electron chi connectivity index (χ0n) is 13.1. The Labute approximate surface area is 162 Å².